The predicted octanol–water partition coefficient (Wildman–Crippen LogP) is 2.25. The van der Waals surface area contributed by atoms with Crippen LogP contribution in [0.2, 0.25) is 5.15 Å². The number of carbonyl (C=O) groups excluding carboxylic acids is 1. The molecule has 0 aliphatic carbocycles. The minimum atomic E-state index is 0.116. The number of carbonyl (C=O) groups is 1. The molecule has 0 fully saturated rings. The zero-order chi connectivity index (χ0) is 12.4. The van der Waals surface area contributed by atoms with Crippen molar-refractivity contribution in [2.75, 3.05) is 0 Å². The van der Waals surface area contributed by atoms with Crippen molar-refractivity contribution < 1.29 is 4.79 Å². The van der Waals surface area contributed by atoms with Crippen LogP contribution in [0.15, 0.2) is 18.6 Å². The highest BCUT2D eigenvalue weighted by molar-refractivity contribution is 6.32. The minimum absolute atomic E-state index is 0.116. The standard InChI is InChI=1S/C11H11ClN4O/c1-7(2)10-8(6-17)11(12)16(15-10)9-5-13-3-4-14-9/h3-7H,1-2H3. The fourth-order valence-electron chi connectivity index (χ4n) is 1.51. The molecule has 0 atom stereocenters. The Bertz CT molecular complexity index is 536. The van der Waals surface area contributed by atoms with Gasteiger partial charge < -0.3 is 0 Å². The van der Waals surface area contributed by atoms with Crippen molar-refractivity contribution in [2.45, 2.75) is 19.8 Å². The van der Waals surface area contributed by atoms with Gasteiger partial charge in [0.1, 0.15) is 5.15 Å². The molecule has 0 spiro atoms. The van der Waals surface area contributed by atoms with Crippen LogP contribution in [0.4, 0.5) is 0 Å². The minimum Gasteiger partial charge on any atom is -0.298 e. The van der Waals surface area contributed by atoms with Gasteiger partial charge in [-0.3, -0.25) is 9.78 Å². The van der Waals surface area contributed by atoms with Gasteiger partial charge in [-0.25, -0.2) is 9.67 Å². The van der Waals surface area contributed by atoms with Crippen LogP contribution in [0.5, 0.6) is 0 Å². The number of aldehydes is 1. The first-order valence-corrected chi connectivity index (χ1v) is 5.53. The summed E-state index contributed by atoms with van der Waals surface area (Å²) >= 11 is 6.11. The molecule has 2 rings (SSSR count). The van der Waals surface area contributed by atoms with E-state index in [2.05, 4.69) is 15.1 Å². The SMILES string of the molecule is CC(C)c1nn(-c2cnccn2)c(Cl)c1C=O. The summed E-state index contributed by atoms with van der Waals surface area (Å²) in [6.07, 6.45) is 5.36. The molecule has 2 aromatic heterocycles. The third-order valence-electron chi connectivity index (χ3n) is 2.32. The van der Waals surface area contributed by atoms with E-state index in [-0.39, 0.29) is 11.1 Å². The molecule has 6 heteroatoms. The highest BCUT2D eigenvalue weighted by atomic mass is 35.5. The molecule has 0 aliphatic heterocycles. The van der Waals surface area contributed by atoms with Crippen molar-refractivity contribution in [3.8, 4) is 5.82 Å². The lowest BCUT2D eigenvalue weighted by molar-refractivity contribution is 0.112. The highest BCUT2D eigenvalue weighted by Gasteiger charge is 2.19. The van der Waals surface area contributed by atoms with E-state index in [1.54, 1.807) is 12.4 Å². The van der Waals surface area contributed by atoms with E-state index in [1.165, 1.54) is 10.9 Å². The van der Waals surface area contributed by atoms with Crippen molar-refractivity contribution in [1.29, 1.82) is 0 Å². The Morgan fingerprint density at radius 1 is 1.41 bits per heavy atom. The Balaban J connectivity index is 2.61. The van der Waals surface area contributed by atoms with Gasteiger partial charge in [0.25, 0.3) is 0 Å². The Labute approximate surface area is 103 Å². The summed E-state index contributed by atoms with van der Waals surface area (Å²) in [5.74, 6) is 0.609. The van der Waals surface area contributed by atoms with Gasteiger partial charge in [0.2, 0.25) is 0 Å². The smallest absolute Gasteiger partial charge is 0.173 e. The first-order valence-electron chi connectivity index (χ1n) is 5.15. The number of aromatic nitrogens is 4. The average molecular weight is 251 g/mol. The normalized spacial score (nSPS) is 10.8. The lowest BCUT2D eigenvalue weighted by Crippen LogP contribution is -2.01. The molecule has 0 saturated heterocycles. The van der Waals surface area contributed by atoms with Gasteiger partial charge in [0.05, 0.1) is 17.5 Å². The lowest BCUT2D eigenvalue weighted by Gasteiger charge is -2.00. The predicted molar refractivity (Wildman–Crippen MR) is 63.6 cm³/mol. The zero-order valence-corrected chi connectivity index (χ0v) is 10.2. The van der Waals surface area contributed by atoms with Gasteiger partial charge in [0.15, 0.2) is 12.1 Å². The number of hydrogen-bond acceptors (Lipinski definition) is 4. The van der Waals surface area contributed by atoms with E-state index in [1.807, 2.05) is 13.8 Å². The lowest BCUT2D eigenvalue weighted by atomic mass is 10.1. The third-order valence-corrected chi connectivity index (χ3v) is 2.69. The second-order valence-corrected chi connectivity index (χ2v) is 4.20. The summed E-state index contributed by atoms with van der Waals surface area (Å²) in [5, 5.41) is 4.57. The van der Waals surface area contributed by atoms with Crippen LogP contribution >= 0.6 is 11.6 Å². The quantitative estimate of drug-likeness (QED) is 0.784. The Morgan fingerprint density at radius 2 is 2.18 bits per heavy atom. The summed E-state index contributed by atoms with van der Waals surface area (Å²) < 4.78 is 1.42. The Morgan fingerprint density at radius 3 is 2.65 bits per heavy atom. The van der Waals surface area contributed by atoms with E-state index in [0.717, 1.165) is 6.29 Å². The summed E-state index contributed by atoms with van der Waals surface area (Å²) in [6.45, 7) is 3.90. The molecule has 5 nitrogen and oxygen atoms in total. The Hall–Kier alpha value is -1.75. The summed E-state index contributed by atoms with van der Waals surface area (Å²) in [5.41, 5.74) is 1.07. The molecular weight excluding hydrogens is 240 g/mol. The van der Waals surface area contributed by atoms with Crippen LogP contribution in [0.3, 0.4) is 0 Å². The molecule has 88 valence electrons. The van der Waals surface area contributed by atoms with E-state index in [9.17, 15) is 4.79 Å². The van der Waals surface area contributed by atoms with Gasteiger partial charge in [-0.15, -0.1) is 0 Å². The number of rotatable bonds is 3. The molecule has 0 aromatic carbocycles. The van der Waals surface area contributed by atoms with Crippen molar-refractivity contribution in [1.82, 2.24) is 19.7 Å². The van der Waals surface area contributed by atoms with Crippen molar-refractivity contribution >= 4 is 17.9 Å². The second kappa shape index (κ2) is 4.63. The first kappa shape index (κ1) is 11.7. The molecule has 0 unspecified atom stereocenters. The molecule has 0 bridgehead atoms. The summed E-state index contributed by atoms with van der Waals surface area (Å²) in [7, 11) is 0. The fourth-order valence-corrected chi connectivity index (χ4v) is 1.78. The maximum absolute atomic E-state index is 11.0. The highest BCUT2D eigenvalue weighted by Crippen LogP contribution is 2.25. The molecule has 0 N–H and O–H groups in total. The summed E-state index contributed by atoms with van der Waals surface area (Å²) in [4.78, 5) is 19.1. The van der Waals surface area contributed by atoms with Crippen molar-refractivity contribution in [3.05, 3.63) is 35.0 Å². The number of halogens is 1. The molecule has 0 amide bonds. The largest absolute Gasteiger partial charge is 0.298 e. The molecule has 0 radical (unpaired) electrons. The van der Waals surface area contributed by atoms with Gasteiger partial charge >= 0.3 is 0 Å². The van der Waals surface area contributed by atoms with Gasteiger partial charge in [-0.1, -0.05) is 25.4 Å². The molecule has 0 aliphatic rings. The fraction of sp³-hybridized carbons (Fsp3) is 0.273. The number of hydrogen-bond donors (Lipinski definition) is 0. The molecule has 17 heavy (non-hydrogen) atoms. The molecular formula is C11H11ClN4O. The maximum atomic E-state index is 11.0. The third kappa shape index (κ3) is 2.06. The van der Waals surface area contributed by atoms with Gasteiger partial charge in [0, 0.05) is 12.4 Å². The van der Waals surface area contributed by atoms with Gasteiger partial charge in [-0.05, 0) is 5.92 Å². The van der Waals surface area contributed by atoms with Crippen molar-refractivity contribution in [2.24, 2.45) is 0 Å². The van der Waals surface area contributed by atoms with Crippen LogP contribution in [0.1, 0.15) is 35.8 Å². The van der Waals surface area contributed by atoms with E-state index in [0.29, 0.717) is 17.1 Å². The molecule has 0 saturated carbocycles. The zero-order valence-electron chi connectivity index (χ0n) is 9.46. The van der Waals surface area contributed by atoms with Crippen molar-refractivity contribution in [3.63, 3.8) is 0 Å². The average Bonchev–Trinajstić information content (AvgIpc) is 2.67. The first-order chi connectivity index (χ1) is 8.15. The van der Waals surface area contributed by atoms with Crippen LogP contribution in [-0.2, 0) is 0 Å². The van der Waals surface area contributed by atoms with Gasteiger partial charge in [-0.2, -0.15) is 5.10 Å². The van der Waals surface area contributed by atoms with E-state index >= 15 is 0 Å². The molecule has 2 aromatic rings. The number of nitrogens with zero attached hydrogens (tertiary/aromatic N) is 4. The maximum Gasteiger partial charge on any atom is 0.173 e. The molecule has 2 heterocycles. The Kier molecular flexibility index (Phi) is 3.19. The van der Waals surface area contributed by atoms with Crippen LogP contribution in [0, 0.1) is 0 Å². The topological polar surface area (TPSA) is 60.7 Å². The summed E-state index contributed by atoms with van der Waals surface area (Å²) in [6, 6.07) is 0. The monoisotopic (exact) mass is 250 g/mol. The second-order valence-electron chi connectivity index (χ2n) is 3.84. The van der Waals surface area contributed by atoms with E-state index < -0.39 is 0 Å². The van der Waals surface area contributed by atoms with Crippen LogP contribution < -0.4 is 0 Å². The van der Waals surface area contributed by atoms with Crippen LogP contribution in [0.25, 0.3) is 5.82 Å². The van der Waals surface area contributed by atoms with Crippen LogP contribution in [-0.4, -0.2) is 26.0 Å². The van der Waals surface area contributed by atoms with E-state index in [4.69, 9.17) is 11.6 Å².